The molecular weight excluding hydrogens is 440 g/mol. The number of fused-ring (bicyclic) bond motifs is 2. The van der Waals surface area contributed by atoms with E-state index in [2.05, 4.69) is 24.3 Å². The SMILES string of the molecule is O=C1C=C/C(=C/C=C2/C=C(c3ccc(-c4ccccc4)cc3)C(=O)c3ccccc32)c2ccccc21. The van der Waals surface area contributed by atoms with E-state index >= 15 is 0 Å². The van der Waals surface area contributed by atoms with Gasteiger partial charge in [0.1, 0.15) is 0 Å². The molecule has 0 radical (unpaired) electrons. The maximum absolute atomic E-state index is 13.5. The summed E-state index contributed by atoms with van der Waals surface area (Å²) in [7, 11) is 0. The summed E-state index contributed by atoms with van der Waals surface area (Å²) in [5, 5.41) is 0. The number of allylic oxidation sites excluding steroid dienone is 8. The Morgan fingerprint density at radius 1 is 0.444 bits per heavy atom. The minimum absolute atomic E-state index is 0.0187. The standard InChI is InChI=1S/C34H22O2/c35-33-21-20-25(28-10-4-6-12-30(28)33)18-19-27-22-32(34(36)31-13-7-5-11-29(27)31)26-16-14-24(15-17-26)23-8-2-1-3-9-23/h1-22H/b25-18-,27-19-. The van der Waals surface area contributed by atoms with E-state index in [-0.39, 0.29) is 11.6 Å². The van der Waals surface area contributed by atoms with Crippen molar-refractivity contribution < 1.29 is 9.59 Å². The smallest absolute Gasteiger partial charge is 0.194 e. The summed E-state index contributed by atoms with van der Waals surface area (Å²) in [6.45, 7) is 0. The molecular formula is C34H22O2. The molecule has 0 spiro atoms. The summed E-state index contributed by atoms with van der Waals surface area (Å²) < 4.78 is 0. The normalized spacial score (nSPS) is 16.6. The fourth-order valence-electron chi connectivity index (χ4n) is 4.82. The molecule has 0 fully saturated rings. The van der Waals surface area contributed by atoms with Crippen molar-refractivity contribution in [1.29, 1.82) is 0 Å². The lowest BCUT2D eigenvalue weighted by Crippen LogP contribution is -2.11. The Bertz CT molecular complexity index is 1630. The predicted molar refractivity (Wildman–Crippen MR) is 146 cm³/mol. The number of hydrogen-bond donors (Lipinski definition) is 0. The van der Waals surface area contributed by atoms with Crippen LogP contribution in [0.3, 0.4) is 0 Å². The molecule has 0 saturated carbocycles. The van der Waals surface area contributed by atoms with Gasteiger partial charge in [-0.1, -0.05) is 121 Å². The maximum atomic E-state index is 13.5. The van der Waals surface area contributed by atoms with Crippen molar-refractivity contribution in [1.82, 2.24) is 0 Å². The minimum atomic E-state index is 0.0187. The maximum Gasteiger partial charge on any atom is 0.194 e. The lowest BCUT2D eigenvalue weighted by atomic mass is 9.83. The Hall–Kier alpha value is -4.82. The second-order valence-electron chi connectivity index (χ2n) is 8.86. The van der Waals surface area contributed by atoms with E-state index in [0.717, 1.165) is 39.0 Å². The summed E-state index contributed by atoms with van der Waals surface area (Å²) in [6, 6.07) is 33.7. The van der Waals surface area contributed by atoms with Crippen LogP contribution in [0.2, 0.25) is 0 Å². The second-order valence-corrected chi connectivity index (χ2v) is 8.86. The van der Waals surface area contributed by atoms with Crippen LogP contribution >= 0.6 is 0 Å². The van der Waals surface area contributed by atoms with Crippen molar-refractivity contribution in [3.05, 3.63) is 161 Å². The fraction of sp³-hybridized carbons (Fsp3) is 0. The van der Waals surface area contributed by atoms with Crippen molar-refractivity contribution in [2.45, 2.75) is 0 Å². The van der Waals surface area contributed by atoms with Gasteiger partial charge in [0.2, 0.25) is 0 Å². The Labute approximate surface area is 210 Å². The third-order valence-corrected chi connectivity index (χ3v) is 6.69. The first-order valence-corrected chi connectivity index (χ1v) is 11.9. The van der Waals surface area contributed by atoms with Gasteiger partial charge in [0, 0.05) is 16.7 Å². The molecule has 36 heavy (non-hydrogen) atoms. The summed E-state index contributed by atoms with van der Waals surface area (Å²) in [4.78, 5) is 25.7. The van der Waals surface area contributed by atoms with Crippen molar-refractivity contribution >= 4 is 28.3 Å². The molecule has 0 bridgehead atoms. The van der Waals surface area contributed by atoms with Crippen LogP contribution in [-0.4, -0.2) is 11.6 Å². The molecule has 0 N–H and O–H groups in total. The zero-order valence-corrected chi connectivity index (χ0v) is 19.5. The summed E-state index contributed by atoms with van der Waals surface area (Å²) >= 11 is 0. The topological polar surface area (TPSA) is 34.1 Å². The average molecular weight is 463 g/mol. The molecule has 0 aromatic heterocycles. The van der Waals surface area contributed by atoms with Gasteiger partial charge in [-0.2, -0.15) is 0 Å². The lowest BCUT2D eigenvalue weighted by molar-refractivity contribution is 0.104. The van der Waals surface area contributed by atoms with Gasteiger partial charge in [-0.15, -0.1) is 0 Å². The highest BCUT2D eigenvalue weighted by Crippen LogP contribution is 2.35. The Kier molecular flexibility index (Phi) is 5.48. The number of hydrogen-bond acceptors (Lipinski definition) is 2. The first-order valence-electron chi connectivity index (χ1n) is 11.9. The molecule has 2 nitrogen and oxygen atoms in total. The van der Waals surface area contributed by atoms with Gasteiger partial charge in [0.25, 0.3) is 0 Å². The number of Topliss-reactive ketones (excluding diaryl/α,β-unsaturated/α-hetero) is 1. The molecule has 0 aliphatic heterocycles. The van der Waals surface area contributed by atoms with E-state index in [1.165, 1.54) is 0 Å². The minimum Gasteiger partial charge on any atom is -0.289 e. The van der Waals surface area contributed by atoms with Crippen LogP contribution in [0.25, 0.3) is 27.8 Å². The van der Waals surface area contributed by atoms with Gasteiger partial charge >= 0.3 is 0 Å². The Morgan fingerprint density at radius 3 is 1.69 bits per heavy atom. The second kappa shape index (κ2) is 9.09. The van der Waals surface area contributed by atoms with Crippen LogP contribution in [0.4, 0.5) is 0 Å². The van der Waals surface area contributed by atoms with Crippen molar-refractivity contribution in [2.75, 3.05) is 0 Å². The van der Waals surface area contributed by atoms with E-state index in [9.17, 15) is 9.59 Å². The zero-order chi connectivity index (χ0) is 24.5. The molecule has 0 atom stereocenters. The van der Waals surface area contributed by atoms with Crippen molar-refractivity contribution in [3.8, 4) is 11.1 Å². The van der Waals surface area contributed by atoms with Crippen molar-refractivity contribution in [3.63, 3.8) is 0 Å². The zero-order valence-electron chi connectivity index (χ0n) is 19.5. The molecule has 0 unspecified atom stereocenters. The van der Waals surface area contributed by atoms with Gasteiger partial charge in [-0.3, -0.25) is 9.59 Å². The number of ketones is 2. The molecule has 2 heteroatoms. The van der Waals surface area contributed by atoms with Crippen molar-refractivity contribution in [2.24, 2.45) is 0 Å². The predicted octanol–water partition coefficient (Wildman–Crippen LogP) is 7.85. The van der Waals surface area contributed by atoms with Crippen LogP contribution in [0.1, 0.15) is 37.4 Å². The van der Waals surface area contributed by atoms with Gasteiger partial charge in [0.15, 0.2) is 11.6 Å². The first-order chi connectivity index (χ1) is 17.7. The van der Waals surface area contributed by atoms with Crippen LogP contribution in [0.5, 0.6) is 0 Å². The fourth-order valence-corrected chi connectivity index (χ4v) is 4.82. The third-order valence-electron chi connectivity index (χ3n) is 6.69. The van der Waals surface area contributed by atoms with Gasteiger partial charge in [-0.05, 0) is 51.1 Å². The van der Waals surface area contributed by atoms with Crippen LogP contribution in [0, 0.1) is 0 Å². The van der Waals surface area contributed by atoms with Crippen LogP contribution in [-0.2, 0) is 0 Å². The first kappa shape index (κ1) is 21.7. The lowest BCUT2D eigenvalue weighted by Gasteiger charge is -2.19. The highest BCUT2D eigenvalue weighted by Gasteiger charge is 2.24. The van der Waals surface area contributed by atoms with E-state index in [0.29, 0.717) is 16.7 Å². The highest BCUT2D eigenvalue weighted by molar-refractivity contribution is 6.33. The van der Waals surface area contributed by atoms with E-state index < -0.39 is 0 Å². The number of benzene rings is 4. The number of carbonyl (C=O) groups excluding carboxylic acids is 2. The molecule has 0 heterocycles. The largest absolute Gasteiger partial charge is 0.289 e. The monoisotopic (exact) mass is 462 g/mol. The molecule has 4 aromatic carbocycles. The molecule has 4 aromatic rings. The average Bonchev–Trinajstić information content (AvgIpc) is 2.94. The molecule has 6 rings (SSSR count). The Morgan fingerprint density at radius 2 is 0.972 bits per heavy atom. The molecule has 2 aliphatic carbocycles. The molecule has 0 saturated heterocycles. The van der Waals surface area contributed by atoms with E-state index in [1.54, 1.807) is 6.08 Å². The molecule has 170 valence electrons. The summed E-state index contributed by atoms with van der Waals surface area (Å²) in [5.41, 5.74) is 8.98. The van der Waals surface area contributed by atoms with Gasteiger partial charge < -0.3 is 0 Å². The van der Waals surface area contributed by atoms with Gasteiger partial charge in [-0.25, -0.2) is 0 Å². The Balaban J connectivity index is 1.43. The van der Waals surface area contributed by atoms with Crippen LogP contribution < -0.4 is 0 Å². The van der Waals surface area contributed by atoms with E-state index in [1.807, 2.05) is 103 Å². The van der Waals surface area contributed by atoms with Gasteiger partial charge in [0.05, 0.1) is 0 Å². The van der Waals surface area contributed by atoms with E-state index in [4.69, 9.17) is 0 Å². The number of carbonyl (C=O) groups is 2. The summed E-state index contributed by atoms with van der Waals surface area (Å²) in [6.07, 6.45) is 9.50. The molecule has 2 aliphatic rings. The number of rotatable bonds is 3. The molecule has 0 amide bonds. The highest BCUT2D eigenvalue weighted by atomic mass is 16.1. The quantitative estimate of drug-likeness (QED) is 0.311. The van der Waals surface area contributed by atoms with Crippen LogP contribution in [0.15, 0.2) is 134 Å². The third kappa shape index (κ3) is 3.89. The summed E-state index contributed by atoms with van der Waals surface area (Å²) in [5.74, 6) is 0.0431.